The molecule has 0 saturated heterocycles. The fraction of sp³-hybridized carbons (Fsp3) is 0.250. The minimum Gasteiger partial charge on any atom is -0.444 e. The van der Waals surface area contributed by atoms with Crippen molar-refractivity contribution in [1.29, 1.82) is 0 Å². The Bertz CT molecular complexity index is 534. The molecule has 2 rings (SSSR count). The van der Waals surface area contributed by atoms with E-state index < -0.39 is 6.09 Å². The summed E-state index contributed by atoms with van der Waals surface area (Å²) in [6.45, 7) is 2.08. The van der Waals surface area contributed by atoms with Crippen molar-refractivity contribution in [3.05, 3.63) is 60.3 Å². The SMILES string of the molecule is C/C=C\C1CC(=O)C=CN1C(=O)OCc1ccccc1. The first-order valence-electron chi connectivity index (χ1n) is 6.53. The van der Waals surface area contributed by atoms with E-state index in [1.807, 2.05) is 49.4 Å². The smallest absolute Gasteiger partial charge is 0.414 e. The zero-order valence-corrected chi connectivity index (χ0v) is 11.4. The first kappa shape index (κ1) is 14.1. The standard InChI is InChI=1S/C16H17NO3/c1-2-6-14-11-15(18)9-10-17(14)16(19)20-12-13-7-4-3-5-8-13/h2-10,14H,11-12H2,1H3/b6-2-. The van der Waals surface area contributed by atoms with E-state index >= 15 is 0 Å². The molecule has 1 aromatic rings. The van der Waals surface area contributed by atoms with Crippen molar-refractivity contribution in [2.24, 2.45) is 0 Å². The average Bonchev–Trinajstić information content (AvgIpc) is 2.46. The molecule has 1 atom stereocenters. The largest absolute Gasteiger partial charge is 0.444 e. The molecule has 0 aliphatic carbocycles. The van der Waals surface area contributed by atoms with Gasteiger partial charge in [0.2, 0.25) is 0 Å². The van der Waals surface area contributed by atoms with E-state index in [0.717, 1.165) is 5.56 Å². The molecule has 4 heteroatoms. The molecule has 1 unspecified atom stereocenters. The lowest BCUT2D eigenvalue weighted by atomic mass is 10.1. The third-order valence-corrected chi connectivity index (χ3v) is 3.02. The first-order chi connectivity index (χ1) is 9.70. The number of hydrogen-bond acceptors (Lipinski definition) is 3. The van der Waals surface area contributed by atoms with Gasteiger partial charge in [-0.2, -0.15) is 0 Å². The maximum Gasteiger partial charge on any atom is 0.414 e. The molecule has 0 radical (unpaired) electrons. The predicted octanol–water partition coefficient (Wildman–Crippen LogP) is 3.06. The van der Waals surface area contributed by atoms with Crippen LogP contribution >= 0.6 is 0 Å². The lowest BCUT2D eigenvalue weighted by molar-refractivity contribution is -0.115. The third kappa shape index (κ3) is 3.57. The average molecular weight is 271 g/mol. The molecular formula is C16H17NO3. The number of amides is 1. The molecule has 20 heavy (non-hydrogen) atoms. The molecule has 104 valence electrons. The molecule has 1 aromatic carbocycles. The van der Waals surface area contributed by atoms with Gasteiger partial charge in [0, 0.05) is 12.6 Å². The number of benzene rings is 1. The minimum atomic E-state index is -0.444. The van der Waals surface area contributed by atoms with Crippen molar-refractivity contribution >= 4 is 11.9 Å². The summed E-state index contributed by atoms with van der Waals surface area (Å²) >= 11 is 0. The normalized spacial score (nSPS) is 18.6. The minimum absolute atomic E-state index is 0.0141. The summed E-state index contributed by atoms with van der Waals surface area (Å²) in [6.07, 6.45) is 6.40. The third-order valence-electron chi connectivity index (χ3n) is 3.02. The summed E-state index contributed by atoms with van der Waals surface area (Å²) in [5.74, 6) is 0.0141. The highest BCUT2D eigenvalue weighted by atomic mass is 16.6. The second-order valence-electron chi connectivity index (χ2n) is 4.53. The van der Waals surface area contributed by atoms with Crippen LogP contribution in [0.5, 0.6) is 0 Å². The van der Waals surface area contributed by atoms with Gasteiger partial charge in [0.1, 0.15) is 6.61 Å². The molecule has 0 saturated carbocycles. The van der Waals surface area contributed by atoms with Gasteiger partial charge < -0.3 is 4.74 Å². The second-order valence-corrected chi connectivity index (χ2v) is 4.53. The van der Waals surface area contributed by atoms with Gasteiger partial charge in [-0.25, -0.2) is 4.79 Å². The Morgan fingerprint density at radius 1 is 1.40 bits per heavy atom. The Balaban J connectivity index is 2.00. The van der Waals surface area contributed by atoms with Crippen LogP contribution in [0.3, 0.4) is 0 Å². The van der Waals surface area contributed by atoms with Gasteiger partial charge in [0.15, 0.2) is 5.78 Å². The number of ketones is 1. The van der Waals surface area contributed by atoms with E-state index in [9.17, 15) is 9.59 Å². The summed E-state index contributed by atoms with van der Waals surface area (Å²) in [5, 5.41) is 0. The number of nitrogens with zero attached hydrogens (tertiary/aromatic N) is 1. The molecule has 1 amide bonds. The highest BCUT2D eigenvalue weighted by Crippen LogP contribution is 2.16. The number of carbonyl (C=O) groups is 2. The van der Waals surface area contributed by atoms with Crippen molar-refractivity contribution in [1.82, 2.24) is 4.90 Å². The molecule has 0 aromatic heterocycles. The molecule has 1 heterocycles. The lowest BCUT2D eigenvalue weighted by Gasteiger charge is -2.27. The van der Waals surface area contributed by atoms with Crippen molar-refractivity contribution < 1.29 is 14.3 Å². The molecule has 0 spiro atoms. The Morgan fingerprint density at radius 2 is 2.15 bits per heavy atom. The van der Waals surface area contributed by atoms with Crippen LogP contribution in [-0.2, 0) is 16.1 Å². The van der Waals surface area contributed by atoms with Crippen molar-refractivity contribution in [2.45, 2.75) is 26.0 Å². The van der Waals surface area contributed by atoms with Crippen molar-refractivity contribution in [2.75, 3.05) is 0 Å². The van der Waals surface area contributed by atoms with Crippen LogP contribution in [0.4, 0.5) is 4.79 Å². The molecule has 0 N–H and O–H groups in total. The topological polar surface area (TPSA) is 46.6 Å². The van der Waals surface area contributed by atoms with Crippen LogP contribution in [-0.4, -0.2) is 22.8 Å². The van der Waals surface area contributed by atoms with Gasteiger partial charge in [-0.05, 0) is 18.6 Å². The monoisotopic (exact) mass is 271 g/mol. The Morgan fingerprint density at radius 3 is 2.85 bits per heavy atom. The molecule has 1 aliphatic rings. The van der Waals surface area contributed by atoms with Crippen LogP contribution < -0.4 is 0 Å². The zero-order valence-electron chi connectivity index (χ0n) is 11.4. The summed E-state index contributed by atoms with van der Waals surface area (Å²) in [7, 11) is 0. The lowest BCUT2D eigenvalue weighted by Crippen LogP contribution is -2.39. The van der Waals surface area contributed by atoms with E-state index in [-0.39, 0.29) is 18.4 Å². The number of carbonyl (C=O) groups excluding carboxylic acids is 2. The highest BCUT2D eigenvalue weighted by Gasteiger charge is 2.26. The maximum atomic E-state index is 12.1. The van der Waals surface area contributed by atoms with Crippen LogP contribution in [0.2, 0.25) is 0 Å². The van der Waals surface area contributed by atoms with E-state index in [0.29, 0.717) is 6.42 Å². The van der Waals surface area contributed by atoms with Crippen LogP contribution in [0, 0.1) is 0 Å². The molecule has 0 fully saturated rings. The van der Waals surface area contributed by atoms with E-state index in [4.69, 9.17) is 4.74 Å². The molecular weight excluding hydrogens is 254 g/mol. The number of hydrogen-bond donors (Lipinski definition) is 0. The number of allylic oxidation sites excluding steroid dienone is 2. The zero-order chi connectivity index (χ0) is 14.4. The summed E-state index contributed by atoms with van der Waals surface area (Å²) in [6, 6.07) is 9.22. The van der Waals surface area contributed by atoms with Crippen LogP contribution in [0.1, 0.15) is 18.9 Å². The van der Waals surface area contributed by atoms with E-state index in [1.165, 1.54) is 17.2 Å². The van der Waals surface area contributed by atoms with Gasteiger partial charge in [0.05, 0.1) is 6.04 Å². The Hall–Kier alpha value is -2.36. The van der Waals surface area contributed by atoms with Crippen molar-refractivity contribution in [3.8, 4) is 0 Å². The molecule has 1 aliphatic heterocycles. The first-order valence-corrected chi connectivity index (χ1v) is 6.53. The second kappa shape index (κ2) is 6.70. The fourth-order valence-corrected chi connectivity index (χ4v) is 2.02. The van der Waals surface area contributed by atoms with E-state index in [1.54, 1.807) is 0 Å². The number of rotatable bonds is 3. The summed E-state index contributed by atoms with van der Waals surface area (Å²) in [4.78, 5) is 24.9. The maximum absolute atomic E-state index is 12.1. The Kier molecular flexibility index (Phi) is 4.71. The van der Waals surface area contributed by atoms with Gasteiger partial charge in [-0.3, -0.25) is 9.69 Å². The predicted molar refractivity (Wildman–Crippen MR) is 75.8 cm³/mol. The highest BCUT2D eigenvalue weighted by molar-refractivity contribution is 5.92. The van der Waals surface area contributed by atoms with Gasteiger partial charge in [-0.1, -0.05) is 42.5 Å². The van der Waals surface area contributed by atoms with E-state index in [2.05, 4.69) is 0 Å². The fourth-order valence-electron chi connectivity index (χ4n) is 2.02. The molecule has 0 bridgehead atoms. The van der Waals surface area contributed by atoms with Crippen LogP contribution in [0.25, 0.3) is 0 Å². The van der Waals surface area contributed by atoms with Gasteiger partial charge >= 0.3 is 6.09 Å². The quantitative estimate of drug-likeness (QED) is 0.794. The van der Waals surface area contributed by atoms with Gasteiger partial charge in [0.25, 0.3) is 0 Å². The van der Waals surface area contributed by atoms with Crippen molar-refractivity contribution in [3.63, 3.8) is 0 Å². The summed E-state index contributed by atoms with van der Waals surface area (Å²) in [5.41, 5.74) is 0.931. The van der Waals surface area contributed by atoms with Gasteiger partial charge in [-0.15, -0.1) is 0 Å². The number of ether oxygens (including phenoxy) is 1. The molecule has 4 nitrogen and oxygen atoms in total. The summed E-state index contributed by atoms with van der Waals surface area (Å²) < 4.78 is 5.27. The van der Waals surface area contributed by atoms with Crippen LogP contribution in [0.15, 0.2) is 54.8 Å². The Labute approximate surface area is 118 Å².